The Morgan fingerprint density at radius 1 is 1.00 bits per heavy atom. The first-order valence-corrected chi connectivity index (χ1v) is 4.97. The van der Waals surface area contributed by atoms with Gasteiger partial charge in [-0.1, -0.05) is 39.8 Å². The summed E-state index contributed by atoms with van der Waals surface area (Å²) in [6, 6.07) is 0. The average Bonchev–Trinajstić information content (AvgIpc) is 2.20. The van der Waals surface area contributed by atoms with Crippen molar-refractivity contribution in [3.8, 4) is 0 Å². The topological polar surface area (TPSA) is 12.4 Å². The first-order valence-electron chi connectivity index (χ1n) is 4.97. The number of rotatable bonds is 2. The summed E-state index contributed by atoms with van der Waals surface area (Å²) in [5.41, 5.74) is 2.16. The third-order valence-electron chi connectivity index (χ3n) is 0.822. The highest BCUT2D eigenvalue weighted by atomic mass is 14.7. The van der Waals surface area contributed by atoms with E-state index in [1.807, 2.05) is 54.7 Å². The van der Waals surface area contributed by atoms with Crippen LogP contribution >= 0.6 is 0 Å². The molecule has 0 unspecified atom stereocenters. The summed E-state index contributed by atoms with van der Waals surface area (Å²) in [4.78, 5) is 4.08. The van der Waals surface area contributed by atoms with Crippen molar-refractivity contribution in [2.24, 2.45) is 4.99 Å². The normalized spacial score (nSPS) is 8.38. The lowest BCUT2D eigenvalue weighted by molar-refractivity contribution is 1.33. The van der Waals surface area contributed by atoms with Crippen molar-refractivity contribution < 1.29 is 0 Å². The molecule has 0 aliphatic rings. The quantitative estimate of drug-likeness (QED) is 0.554. The van der Waals surface area contributed by atoms with Gasteiger partial charge in [0.25, 0.3) is 0 Å². The van der Waals surface area contributed by atoms with Crippen molar-refractivity contribution in [1.82, 2.24) is 0 Å². The van der Waals surface area contributed by atoms with Crippen LogP contribution in [0, 0.1) is 0 Å². The highest BCUT2D eigenvalue weighted by molar-refractivity contribution is 5.92. The molecule has 0 amide bonds. The molecule has 0 aliphatic carbocycles. The van der Waals surface area contributed by atoms with E-state index in [4.69, 9.17) is 0 Å². The maximum absolute atomic E-state index is 4.08. The van der Waals surface area contributed by atoms with Crippen molar-refractivity contribution in [3.63, 3.8) is 0 Å². The first-order chi connectivity index (χ1) is 6.16. The Hall–Kier alpha value is -0.850. The predicted molar refractivity (Wildman–Crippen MR) is 65.4 cm³/mol. The number of nitrogens with zero attached hydrogens (tertiary/aromatic N) is 1. The summed E-state index contributed by atoms with van der Waals surface area (Å²) in [7, 11) is 0. The Morgan fingerprint density at radius 3 is 1.62 bits per heavy atom. The van der Waals surface area contributed by atoms with Gasteiger partial charge in [0.15, 0.2) is 0 Å². The highest BCUT2D eigenvalue weighted by Gasteiger charge is 1.75. The predicted octanol–water partition coefficient (Wildman–Crippen LogP) is 4.61. The summed E-state index contributed by atoms with van der Waals surface area (Å²) in [6.45, 7) is 17.5. The van der Waals surface area contributed by atoms with E-state index in [9.17, 15) is 0 Å². The second kappa shape index (κ2) is 17.3. The van der Waals surface area contributed by atoms with E-state index in [2.05, 4.69) is 11.6 Å². The summed E-state index contributed by atoms with van der Waals surface area (Å²) in [6.07, 6.45) is 3.57. The third-order valence-corrected chi connectivity index (χ3v) is 0.822. The van der Waals surface area contributed by atoms with Crippen molar-refractivity contribution in [3.05, 3.63) is 24.4 Å². The summed E-state index contributed by atoms with van der Waals surface area (Å²) in [5.74, 6) is 0. The second-order valence-corrected chi connectivity index (χ2v) is 2.18. The Kier molecular flexibility index (Phi) is 24.0. The molecule has 0 saturated heterocycles. The van der Waals surface area contributed by atoms with Gasteiger partial charge < -0.3 is 0 Å². The molecule has 78 valence electrons. The summed E-state index contributed by atoms with van der Waals surface area (Å²) < 4.78 is 0. The minimum Gasteiger partial charge on any atom is -0.262 e. The van der Waals surface area contributed by atoms with Crippen molar-refractivity contribution >= 4 is 5.71 Å². The Morgan fingerprint density at radius 2 is 1.38 bits per heavy atom. The molecule has 0 rings (SSSR count). The van der Waals surface area contributed by atoms with Crippen LogP contribution in [0.4, 0.5) is 0 Å². The van der Waals surface area contributed by atoms with Crippen LogP contribution < -0.4 is 0 Å². The van der Waals surface area contributed by atoms with Gasteiger partial charge in [-0.2, -0.15) is 0 Å². The molecule has 0 bridgehead atoms. The molecule has 0 aromatic carbocycles. The van der Waals surface area contributed by atoms with Crippen LogP contribution in [0.3, 0.4) is 0 Å². The van der Waals surface area contributed by atoms with E-state index in [0.29, 0.717) is 0 Å². The third kappa shape index (κ3) is 24.7. The molecular weight excluding hydrogens is 158 g/mol. The van der Waals surface area contributed by atoms with Gasteiger partial charge in [-0.05, 0) is 26.8 Å². The van der Waals surface area contributed by atoms with E-state index in [1.54, 1.807) is 6.08 Å². The Bertz CT molecular complexity index is 149. The van der Waals surface area contributed by atoms with Crippen LogP contribution in [-0.2, 0) is 0 Å². The lowest BCUT2D eigenvalue weighted by Crippen LogP contribution is -1.79. The van der Waals surface area contributed by atoms with Gasteiger partial charge in [-0.3, -0.25) is 4.99 Å². The highest BCUT2D eigenvalue weighted by Crippen LogP contribution is 1.89. The molecule has 1 nitrogen and oxygen atoms in total. The monoisotopic (exact) mass is 183 g/mol. The van der Waals surface area contributed by atoms with Gasteiger partial charge in [0.05, 0.1) is 0 Å². The van der Waals surface area contributed by atoms with Crippen molar-refractivity contribution in [2.75, 3.05) is 0 Å². The molecule has 0 spiro atoms. The molecular formula is C12H25N. The molecule has 0 N–H and O–H groups in total. The number of hydrogen-bond donors (Lipinski definition) is 0. The van der Waals surface area contributed by atoms with Gasteiger partial charge in [0, 0.05) is 11.9 Å². The van der Waals surface area contributed by atoms with Crippen molar-refractivity contribution in [2.45, 2.75) is 48.5 Å². The number of aliphatic imine (C=N–C) groups is 1. The summed E-state index contributed by atoms with van der Waals surface area (Å²) in [5, 5.41) is 0. The van der Waals surface area contributed by atoms with Gasteiger partial charge in [0.1, 0.15) is 0 Å². The molecule has 0 aromatic rings. The molecule has 0 aromatic heterocycles. The fraction of sp³-hybridized carbons (Fsp3) is 0.583. The molecule has 0 aliphatic heterocycles. The zero-order valence-electron chi connectivity index (χ0n) is 10.3. The van der Waals surface area contributed by atoms with E-state index in [0.717, 1.165) is 5.71 Å². The smallest absolute Gasteiger partial charge is 0.0366 e. The van der Waals surface area contributed by atoms with Crippen LogP contribution in [0.2, 0.25) is 0 Å². The largest absolute Gasteiger partial charge is 0.262 e. The van der Waals surface area contributed by atoms with Crippen LogP contribution in [-0.4, -0.2) is 5.71 Å². The molecule has 1 heteroatoms. The maximum Gasteiger partial charge on any atom is 0.0366 e. The SMILES string of the molecule is C=CC(C)=NC=C(C)C.CC.CC. The zero-order chi connectivity index (χ0) is 11.3. The zero-order valence-corrected chi connectivity index (χ0v) is 10.3. The first kappa shape index (κ1) is 18.0. The van der Waals surface area contributed by atoms with Gasteiger partial charge in [-0.25, -0.2) is 0 Å². The fourth-order valence-electron chi connectivity index (χ4n) is 0.284. The molecule has 0 radical (unpaired) electrons. The molecule has 0 heterocycles. The Labute approximate surface area is 84.3 Å². The average molecular weight is 183 g/mol. The lowest BCUT2D eigenvalue weighted by atomic mass is 10.4. The fourth-order valence-corrected chi connectivity index (χ4v) is 0.284. The van der Waals surface area contributed by atoms with E-state index in [1.165, 1.54) is 5.57 Å². The minimum atomic E-state index is 0.955. The molecule has 13 heavy (non-hydrogen) atoms. The number of allylic oxidation sites excluding steroid dienone is 2. The molecule has 0 fully saturated rings. The maximum atomic E-state index is 4.08. The lowest BCUT2D eigenvalue weighted by Gasteiger charge is -1.85. The van der Waals surface area contributed by atoms with Gasteiger partial charge in [-0.15, -0.1) is 0 Å². The molecule has 0 saturated carbocycles. The van der Waals surface area contributed by atoms with Gasteiger partial charge in [0.2, 0.25) is 0 Å². The number of hydrogen-bond acceptors (Lipinski definition) is 1. The van der Waals surface area contributed by atoms with Crippen LogP contribution in [0.25, 0.3) is 0 Å². The minimum absolute atomic E-state index is 0.955. The summed E-state index contributed by atoms with van der Waals surface area (Å²) >= 11 is 0. The van der Waals surface area contributed by atoms with E-state index < -0.39 is 0 Å². The van der Waals surface area contributed by atoms with Crippen LogP contribution in [0.5, 0.6) is 0 Å². The van der Waals surface area contributed by atoms with Crippen LogP contribution in [0.15, 0.2) is 29.4 Å². The standard InChI is InChI=1S/C8H13N.2C2H6/c1-5-8(4)9-6-7(2)3;2*1-2/h5-6H,1H2,2-4H3;2*1-2H3. The van der Waals surface area contributed by atoms with E-state index in [-0.39, 0.29) is 0 Å². The molecule has 0 atom stereocenters. The van der Waals surface area contributed by atoms with Crippen molar-refractivity contribution in [1.29, 1.82) is 0 Å². The van der Waals surface area contributed by atoms with Gasteiger partial charge >= 0.3 is 0 Å². The second-order valence-electron chi connectivity index (χ2n) is 2.18. The van der Waals surface area contributed by atoms with Crippen LogP contribution in [0.1, 0.15) is 48.5 Å². The van der Waals surface area contributed by atoms with E-state index >= 15 is 0 Å². The Balaban J connectivity index is -0.000000218.